The van der Waals surface area contributed by atoms with Crippen LogP contribution in [-0.4, -0.2) is 15.6 Å². The van der Waals surface area contributed by atoms with E-state index < -0.39 is 0 Å². The van der Waals surface area contributed by atoms with Crippen LogP contribution in [0.3, 0.4) is 0 Å². The minimum Gasteiger partial charge on any atom is -0.331 e. The van der Waals surface area contributed by atoms with Gasteiger partial charge in [-0.3, -0.25) is 0 Å². The second-order valence-electron chi connectivity index (χ2n) is 4.59. The van der Waals surface area contributed by atoms with Gasteiger partial charge < -0.3 is 10.3 Å². The van der Waals surface area contributed by atoms with Crippen LogP contribution in [-0.2, 0) is 13.5 Å². The Kier molecular flexibility index (Phi) is 3.84. The minimum absolute atomic E-state index is 0.277. The van der Waals surface area contributed by atoms with Gasteiger partial charge in [-0.2, -0.15) is 0 Å². The fraction of sp³-hybridized carbons (Fsp3) is 0.462. The van der Waals surface area contributed by atoms with Crippen molar-refractivity contribution in [1.29, 1.82) is 0 Å². The number of aryl methyl sites for hydroxylation is 2. The summed E-state index contributed by atoms with van der Waals surface area (Å²) in [4.78, 5) is 4.66. The molecule has 0 spiro atoms. The molecule has 0 saturated carbocycles. The zero-order valence-electron chi connectivity index (χ0n) is 10.3. The van der Waals surface area contributed by atoms with Crippen LogP contribution in [0.2, 0.25) is 0 Å². The first-order valence-corrected chi connectivity index (χ1v) is 6.73. The molecule has 17 heavy (non-hydrogen) atoms. The summed E-state index contributed by atoms with van der Waals surface area (Å²) in [6.07, 6.45) is 3.13. The Morgan fingerprint density at radius 3 is 2.94 bits per heavy atom. The van der Waals surface area contributed by atoms with Crippen molar-refractivity contribution in [2.45, 2.75) is 32.2 Å². The standard InChI is InChI=1S/C13H18BrN3/c1-9(15)4-3-5-13-16-11-8-10(14)6-7-12(11)17(13)2/h6-9H,3-5,15H2,1-2H3. The third-order valence-electron chi connectivity index (χ3n) is 3.00. The normalized spacial score (nSPS) is 13.2. The fourth-order valence-corrected chi connectivity index (χ4v) is 2.38. The lowest BCUT2D eigenvalue weighted by molar-refractivity contribution is 0.607. The quantitative estimate of drug-likeness (QED) is 0.942. The van der Waals surface area contributed by atoms with E-state index in [1.54, 1.807) is 0 Å². The van der Waals surface area contributed by atoms with Gasteiger partial charge in [0.2, 0.25) is 0 Å². The average molecular weight is 296 g/mol. The van der Waals surface area contributed by atoms with Gasteiger partial charge in [-0.1, -0.05) is 15.9 Å². The van der Waals surface area contributed by atoms with Crippen LogP contribution in [0.15, 0.2) is 22.7 Å². The van der Waals surface area contributed by atoms with Gasteiger partial charge in [-0.05, 0) is 38.0 Å². The van der Waals surface area contributed by atoms with Crippen molar-refractivity contribution in [3.8, 4) is 0 Å². The highest BCUT2D eigenvalue weighted by atomic mass is 79.9. The summed E-state index contributed by atoms with van der Waals surface area (Å²) >= 11 is 3.47. The Labute approximate surface area is 110 Å². The van der Waals surface area contributed by atoms with Crippen molar-refractivity contribution in [2.24, 2.45) is 12.8 Å². The van der Waals surface area contributed by atoms with E-state index in [2.05, 4.69) is 50.7 Å². The zero-order chi connectivity index (χ0) is 12.4. The number of hydrogen-bond acceptors (Lipinski definition) is 2. The molecule has 1 aromatic carbocycles. The molecule has 0 bridgehead atoms. The lowest BCUT2D eigenvalue weighted by Gasteiger charge is -2.04. The Morgan fingerprint density at radius 1 is 1.47 bits per heavy atom. The maximum atomic E-state index is 5.76. The van der Waals surface area contributed by atoms with Gasteiger partial charge in [0.05, 0.1) is 11.0 Å². The second kappa shape index (κ2) is 5.19. The number of benzene rings is 1. The maximum Gasteiger partial charge on any atom is 0.109 e. The van der Waals surface area contributed by atoms with Gasteiger partial charge in [-0.25, -0.2) is 4.98 Å². The first kappa shape index (κ1) is 12.6. The van der Waals surface area contributed by atoms with Crippen molar-refractivity contribution in [3.63, 3.8) is 0 Å². The Bertz CT molecular complexity index is 517. The summed E-state index contributed by atoms with van der Waals surface area (Å²) in [5.41, 5.74) is 7.99. The molecule has 0 fully saturated rings. The molecule has 0 aliphatic heterocycles. The third-order valence-corrected chi connectivity index (χ3v) is 3.49. The van der Waals surface area contributed by atoms with Gasteiger partial charge in [0, 0.05) is 24.0 Å². The lowest BCUT2D eigenvalue weighted by Crippen LogP contribution is -2.14. The summed E-state index contributed by atoms with van der Waals surface area (Å²) in [7, 11) is 2.07. The summed E-state index contributed by atoms with van der Waals surface area (Å²) in [5, 5.41) is 0. The Hall–Kier alpha value is -0.870. The van der Waals surface area contributed by atoms with E-state index in [1.807, 2.05) is 6.92 Å². The monoisotopic (exact) mass is 295 g/mol. The van der Waals surface area contributed by atoms with Crippen LogP contribution in [0.1, 0.15) is 25.6 Å². The van der Waals surface area contributed by atoms with Crippen molar-refractivity contribution in [1.82, 2.24) is 9.55 Å². The second-order valence-corrected chi connectivity index (χ2v) is 5.51. The number of halogens is 1. The van der Waals surface area contributed by atoms with Crippen LogP contribution in [0.4, 0.5) is 0 Å². The molecule has 0 saturated heterocycles. The predicted molar refractivity (Wildman–Crippen MR) is 75.0 cm³/mol. The number of nitrogens with zero attached hydrogens (tertiary/aromatic N) is 2. The molecule has 1 aromatic heterocycles. The van der Waals surface area contributed by atoms with Crippen molar-refractivity contribution in [2.75, 3.05) is 0 Å². The molecule has 2 N–H and O–H groups in total. The molecule has 3 nitrogen and oxygen atoms in total. The van der Waals surface area contributed by atoms with Crippen molar-refractivity contribution >= 4 is 27.0 Å². The summed E-state index contributed by atoms with van der Waals surface area (Å²) in [6.45, 7) is 2.05. The highest BCUT2D eigenvalue weighted by Gasteiger charge is 2.07. The van der Waals surface area contributed by atoms with E-state index in [9.17, 15) is 0 Å². The lowest BCUT2D eigenvalue weighted by atomic mass is 10.1. The third kappa shape index (κ3) is 2.87. The fourth-order valence-electron chi connectivity index (χ4n) is 2.03. The van der Waals surface area contributed by atoms with Crippen LogP contribution < -0.4 is 5.73 Å². The smallest absolute Gasteiger partial charge is 0.109 e. The number of aromatic nitrogens is 2. The van der Waals surface area contributed by atoms with Gasteiger partial charge in [0.25, 0.3) is 0 Å². The molecule has 0 radical (unpaired) electrons. The Morgan fingerprint density at radius 2 is 2.24 bits per heavy atom. The highest BCUT2D eigenvalue weighted by molar-refractivity contribution is 9.10. The highest BCUT2D eigenvalue weighted by Crippen LogP contribution is 2.20. The number of hydrogen-bond donors (Lipinski definition) is 1. The molecular weight excluding hydrogens is 278 g/mol. The molecule has 1 atom stereocenters. The van der Waals surface area contributed by atoms with Crippen molar-refractivity contribution in [3.05, 3.63) is 28.5 Å². The SMILES string of the molecule is CC(N)CCCc1nc2cc(Br)ccc2n1C. The first-order chi connectivity index (χ1) is 8.08. The van der Waals surface area contributed by atoms with Crippen molar-refractivity contribution < 1.29 is 0 Å². The molecule has 1 heterocycles. The molecule has 0 aliphatic carbocycles. The first-order valence-electron chi connectivity index (χ1n) is 5.94. The predicted octanol–water partition coefficient (Wildman–Crippen LogP) is 3.01. The van der Waals surface area contributed by atoms with E-state index in [-0.39, 0.29) is 6.04 Å². The molecule has 2 aromatic rings. The molecule has 2 rings (SSSR count). The van der Waals surface area contributed by atoms with E-state index in [4.69, 9.17) is 5.73 Å². The summed E-state index contributed by atoms with van der Waals surface area (Å²) < 4.78 is 3.24. The Balaban J connectivity index is 2.20. The zero-order valence-corrected chi connectivity index (χ0v) is 11.9. The molecule has 4 heteroatoms. The van der Waals surface area contributed by atoms with Crippen LogP contribution >= 0.6 is 15.9 Å². The molecule has 92 valence electrons. The molecule has 0 amide bonds. The summed E-state index contributed by atoms with van der Waals surface area (Å²) in [6, 6.07) is 6.49. The van der Waals surface area contributed by atoms with E-state index in [1.165, 1.54) is 5.52 Å². The van der Waals surface area contributed by atoms with Gasteiger partial charge >= 0.3 is 0 Å². The number of rotatable bonds is 4. The topological polar surface area (TPSA) is 43.8 Å². The van der Waals surface area contributed by atoms with E-state index >= 15 is 0 Å². The minimum atomic E-state index is 0.277. The van der Waals surface area contributed by atoms with E-state index in [0.29, 0.717) is 0 Å². The van der Waals surface area contributed by atoms with Crippen LogP contribution in [0.5, 0.6) is 0 Å². The summed E-state index contributed by atoms with van der Waals surface area (Å²) in [5.74, 6) is 1.14. The van der Waals surface area contributed by atoms with Crippen LogP contribution in [0, 0.1) is 0 Å². The maximum absolute atomic E-state index is 5.76. The average Bonchev–Trinajstić information content (AvgIpc) is 2.55. The van der Waals surface area contributed by atoms with E-state index in [0.717, 1.165) is 35.1 Å². The van der Waals surface area contributed by atoms with Gasteiger partial charge in [0.1, 0.15) is 5.82 Å². The molecular formula is C13H18BrN3. The van der Waals surface area contributed by atoms with Crippen LogP contribution in [0.25, 0.3) is 11.0 Å². The largest absolute Gasteiger partial charge is 0.331 e. The molecule has 0 aliphatic rings. The number of nitrogens with two attached hydrogens (primary N) is 1. The van der Waals surface area contributed by atoms with Gasteiger partial charge in [0.15, 0.2) is 0 Å². The van der Waals surface area contributed by atoms with Gasteiger partial charge in [-0.15, -0.1) is 0 Å². The number of imidazole rings is 1. The molecule has 1 unspecified atom stereocenters. The number of fused-ring (bicyclic) bond motifs is 1.